The SMILES string of the molecule is CC(C)OCCN1CCCCC1C1CCCCC1=O. The Morgan fingerprint density at radius 1 is 1.21 bits per heavy atom. The number of carbonyl (C=O) groups excluding carboxylic acids is 1. The van der Waals surface area contributed by atoms with Crippen molar-refractivity contribution < 1.29 is 9.53 Å². The van der Waals surface area contributed by atoms with E-state index in [1.165, 1.54) is 25.7 Å². The van der Waals surface area contributed by atoms with Crippen LogP contribution in [0.5, 0.6) is 0 Å². The third-order valence-electron chi connectivity index (χ3n) is 4.56. The molecule has 0 radical (unpaired) electrons. The standard InChI is InChI=1S/C16H29NO2/c1-13(2)19-12-11-17-10-6-5-8-15(17)14-7-3-4-9-16(14)18/h13-15H,3-12H2,1-2H3. The molecule has 3 nitrogen and oxygen atoms in total. The van der Waals surface area contributed by atoms with Crippen molar-refractivity contribution in [1.29, 1.82) is 0 Å². The fourth-order valence-electron chi connectivity index (χ4n) is 3.57. The first kappa shape index (κ1) is 15.0. The van der Waals surface area contributed by atoms with Gasteiger partial charge in [0, 0.05) is 24.9 Å². The fraction of sp³-hybridized carbons (Fsp3) is 0.938. The molecule has 1 saturated heterocycles. The van der Waals surface area contributed by atoms with Crippen molar-refractivity contribution >= 4 is 5.78 Å². The molecular formula is C16H29NO2. The van der Waals surface area contributed by atoms with Gasteiger partial charge in [0.1, 0.15) is 5.78 Å². The van der Waals surface area contributed by atoms with Crippen LogP contribution in [0.15, 0.2) is 0 Å². The van der Waals surface area contributed by atoms with Gasteiger partial charge in [-0.15, -0.1) is 0 Å². The number of carbonyl (C=O) groups is 1. The topological polar surface area (TPSA) is 29.5 Å². The molecule has 2 fully saturated rings. The lowest BCUT2D eigenvalue weighted by Crippen LogP contribution is -2.48. The van der Waals surface area contributed by atoms with Gasteiger partial charge in [-0.3, -0.25) is 9.69 Å². The van der Waals surface area contributed by atoms with E-state index < -0.39 is 0 Å². The number of ether oxygens (including phenoxy) is 1. The van der Waals surface area contributed by atoms with Gasteiger partial charge in [0.05, 0.1) is 12.7 Å². The van der Waals surface area contributed by atoms with E-state index in [0.29, 0.717) is 23.8 Å². The van der Waals surface area contributed by atoms with Crippen molar-refractivity contribution in [1.82, 2.24) is 4.90 Å². The minimum Gasteiger partial charge on any atom is -0.377 e. The summed E-state index contributed by atoms with van der Waals surface area (Å²) in [6.07, 6.45) is 8.36. The third kappa shape index (κ3) is 4.28. The molecule has 0 aromatic rings. The molecule has 2 unspecified atom stereocenters. The molecule has 3 heteroatoms. The summed E-state index contributed by atoms with van der Waals surface area (Å²) in [5, 5.41) is 0. The number of piperidine rings is 1. The monoisotopic (exact) mass is 267 g/mol. The first-order valence-electron chi connectivity index (χ1n) is 8.07. The number of nitrogens with zero attached hydrogens (tertiary/aromatic N) is 1. The van der Waals surface area contributed by atoms with Gasteiger partial charge in [-0.25, -0.2) is 0 Å². The van der Waals surface area contributed by atoms with Crippen LogP contribution in [0, 0.1) is 5.92 Å². The van der Waals surface area contributed by atoms with Crippen LogP contribution in [0.25, 0.3) is 0 Å². The van der Waals surface area contributed by atoms with Gasteiger partial charge in [0.25, 0.3) is 0 Å². The van der Waals surface area contributed by atoms with Gasteiger partial charge in [0.15, 0.2) is 0 Å². The Morgan fingerprint density at radius 3 is 2.74 bits per heavy atom. The molecule has 1 aliphatic heterocycles. The highest BCUT2D eigenvalue weighted by Gasteiger charge is 2.35. The van der Waals surface area contributed by atoms with E-state index in [4.69, 9.17) is 4.74 Å². The highest BCUT2D eigenvalue weighted by Crippen LogP contribution is 2.31. The lowest BCUT2D eigenvalue weighted by molar-refractivity contribution is -0.128. The van der Waals surface area contributed by atoms with Crippen LogP contribution < -0.4 is 0 Å². The Labute approximate surface area is 117 Å². The minimum atomic E-state index is 0.305. The summed E-state index contributed by atoms with van der Waals surface area (Å²) in [5.41, 5.74) is 0. The number of ketones is 1. The van der Waals surface area contributed by atoms with Crippen molar-refractivity contribution in [3.05, 3.63) is 0 Å². The van der Waals surface area contributed by atoms with Crippen LogP contribution in [-0.2, 0) is 9.53 Å². The predicted octanol–water partition coefficient (Wildman–Crippen LogP) is 3.03. The van der Waals surface area contributed by atoms with Crippen molar-refractivity contribution in [2.75, 3.05) is 19.7 Å². The molecule has 2 atom stereocenters. The summed E-state index contributed by atoms with van der Waals surface area (Å²) in [5.74, 6) is 0.834. The highest BCUT2D eigenvalue weighted by molar-refractivity contribution is 5.82. The lowest BCUT2D eigenvalue weighted by Gasteiger charge is -2.41. The zero-order valence-corrected chi connectivity index (χ0v) is 12.6. The van der Waals surface area contributed by atoms with E-state index in [-0.39, 0.29) is 0 Å². The Hall–Kier alpha value is -0.410. The minimum absolute atomic E-state index is 0.305. The first-order chi connectivity index (χ1) is 9.18. The lowest BCUT2D eigenvalue weighted by atomic mass is 9.79. The van der Waals surface area contributed by atoms with Crippen LogP contribution in [0.4, 0.5) is 0 Å². The molecule has 0 spiro atoms. The zero-order valence-electron chi connectivity index (χ0n) is 12.6. The van der Waals surface area contributed by atoms with E-state index in [0.717, 1.165) is 39.0 Å². The van der Waals surface area contributed by atoms with Crippen LogP contribution >= 0.6 is 0 Å². The molecule has 1 saturated carbocycles. The average molecular weight is 267 g/mol. The summed E-state index contributed by atoms with van der Waals surface area (Å²) in [4.78, 5) is 14.7. The first-order valence-corrected chi connectivity index (χ1v) is 8.07. The number of Topliss-reactive ketones (excluding diaryl/α,β-unsaturated/α-hetero) is 1. The normalized spacial score (nSPS) is 29.9. The quantitative estimate of drug-likeness (QED) is 0.767. The molecule has 1 aliphatic carbocycles. The van der Waals surface area contributed by atoms with Gasteiger partial charge in [-0.1, -0.05) is 12.8 Å². The van der Waals surface area contributed by atoms with Crippen LogP contribution in [0.2, 0.25) is 0 Å². The summed E-state index contributed by atoms with van der Waals surface area (Å²) in [6, 6.07) is 0.498. The smallest absolute Gasteiger partial charge is 0.137 e. The summed E-state index contributed by atoms with van der Waals surface area (Å²) in [7, 11) is 0. The summed E-state index contributed by atoms with van der Waals surface area (Å²) in [6.45, 7) is 7.11. The van der Waals surface area contributed by atoms with Crippen LogP contribution in [-0.4, -0.2) is 42.5 Å². The van der Waals surface area contributed by atoms with Crippen molar-refractivity contribution in [2.45, 2.75) is 70.9 Å². The second-order valence-electron chi connectivity index (χ2n) is 6.34. The van der Waals surface area contributed by atoms with Gasteiger partial charge < -0.3 is 4.74 Å². The molecule has 0 bridgehead atoms. The molecular weight excluding hydrogens is 238 g/mol. The number of rotatable bonds is 5. The highest BCUT2D eigenvalue weighted by atomic mass is 16.5. The molecule has 1 heterocycles. The van der Waals surface area contributed by atoms with Crippen LogP contribution in [0.3, 0.4) is 0 Å². The van der Waals surface area contributed by atoms with Gasteiger partial charge in [0.2, 0.25) is 0 Å². The summed E-state index contributed by atoms with van der Waals surface area (Å²) < 4.78 is 5.68. The van der Waals surface area contributed by atoms with Crippen LogP contribution in [0.1, 0.15) is 58.8 Å². The van der Waals surface area contributed by atoms with Gasteiger partial charge >= 0.3 is 0 Å². The molecule has 0 N–H and O–H groups in total. The van der Waals surface area contributed by atoms with Crippen molar-refractivity contribution in [3.8, 4) is 0 Å². The molecule has 2 aliphatic rings. The van der Waals surface area contributed by atoms with E-state index in [1.807, 2.05) is 0 Å². The van der Waals surface area contributed by atoms with E-state index in [9.17, 15) is 4.79 Å². The Morgan fingerprint density at radius 2 is 2.00 bits per heavy atom. The maximum atomic E-state index is 12.2. The Balaban J connectivity index is 1.89. The molecule has 0 aromatic carbocycles. The molecule has 2 rings (SSSR count). The van der Waals surface area contributed by atoms with E-state index in [2.05, 4.69) is 18.7 Å². The third-order valence-corrected chi connectivity index (χ3v) is 4.56. The second-order valence-corrected chi connectivity index (χ2v) is 6.34. The maximum Gasteiger partial charge on any atom is 0.137 e. The molecule has 0 aromatic heterocycles. The second kappa shape index (κ2) is 7.39. The van der Waals surface area contributed by atoms with Crippen molar-refractivity contribution in [3.63, 3.8) is 0 Å². The molecule has 110 valence electrons. The van der Waals surface area contributed by atoms with Gasteiger partial charge in [-0.2, -0.15) is 0 Å². The zero-order chi connectivity index (χ0) is 13.7. The number of hydrogen-bond acceptors (Lipinski definition) is 3. The van der Waals surface area contributed by atoms with Gasteiger partial charge in [-0.05, 0) is 46.1 Å². The largest absolute Gasteiger partial charge is 0.377 e. The summed E-state index contributed by atoms with van der Waals surface area (Å²) >= 11 is 0. The van der Waals surface area contributed by atoms with E-state index in [1.54, 1.807) is 0 Å². The Bertz CT molecular complexity index is 290. The average Bonchev–Trinajstić information content (AvgIpc) is 2.40. The Kier molecular flexibility index (Phi) is 5.83. The van der Waals surface area contributed by atoms with E-state index >= 15 is 0 Å². The molecule has 19 heavy (non-hydrogen) atoms. The van der Waals surface area contributed by atoms with Crippen molar-refractivity contribution in [2.24, 2.45) is 5.92 Å². The molecule has 0 amide bonds. The fourth-order valence-corrected chi connectivity index (χ4v) is 3.57. The predicted molar refractivity (Wildman–Crippen MR) is 77.3 cm³/mol. The number of hydrogen-bond donors (Lipinski definition) is 0. The maximum absolute atomic E-state index is 12.2. The number of likely N-dealkylation sites (tertiary alicyclic amines) is 1.